The van der Waals surface area contributed by atoms with E-state index < -0.39 is 4.92 Å². The average molecular weight is 295 g/mol. The van der Waals surface area contributed by atoms with Crippen LogP contribution in [0.3, 0.4) is 0 Å². The molecule has 0 saturated carbocycles. The van der Waals surface area contributed by atoms with E-state index in [0.717, 1.165) is 16.7 Å². The SMILES string of the molecule is Cc1cc(C)c(C(=O)C=Cc2ccccc2[N+](=O)[O-])c(C)c1. The number of para-hydroxylation sites is 1. The summed E-state index contributed by atoms with van der Waals surface area (Å²) in [4.78, 5) is 22.9. The number of hydrogen-bond acceptors (Lipinski definition) is 3. The lowest BCUT2D eigenvalue weighted by Gasteiger charge is -2.08. The van der Waals surface area contributed by atoms with Crippen LogP contribution < -0.4 is 0 Å². The molecule has 0 spiro atoms. The van der Waals surface area contributed by atoms with E-state index in [9.17, 15) is 14.9 Å². The van der Waals surface area contributed by atoms with E-state index in [0.29, 0.717) is 11.1 Å². The van der Waals surface area contributed by atoms with Gasteiger partial charge in [-0.05, 0) is 50.1 Å². The largest absolute Gasteiger partial charge is 0.289 e. The van der Waals surface area contributed by atoms with E-state index in [-0.39, 0.29) is 11.5 Å². The highest BCUT2D eigenvalue weighted by Gasteiger charge is 2.12. The Morgan fingerprint density at radius 2 is 1.68 bits per heavy atom. The van der Waals surface area contributed by atoms with E-state index in [4.69, 9.17) is 0 Å². The van der Waals surface area contributed by atoms with Gasteiger partial charge < -0.3 is 0 Å². The third kappa shape index (κ3) is 3.28. The number of hydrogen-bond donors (Lipinski definition) is 0. The van der Waals surface area contributed by atoms with Crippen molar-refractivity contribution in [3.63, 3.8) is 0 Å². The molecule has 2 aromatic carbocycles. The Balaban J connectivity index is 2.36. The van der Waals surface area contributed by atoms with Crippen molar-refractivity contribution >= 4 is 17.5 Å². The van der Waals surface area contributed by atoms with Gasteiger partial charge in [0.25, 0.3) is 5.69 Å². The molecule has 2 aromatic rings. The quantitative estimate of drug-likeness (QED) is 0.363. The summed E-state index contributed by atoms with van der Waals surface area (Å²) in [6.45, 7) is 5.77. The van der Waals surface area contributed by atoms with Crippen LogP contribution in [0.4, 0.5) is 5.69 Å². The van der Waals surface area contributed by atoms with Gasteiger partial charge in [0.15, 0.2) is 5.78 Å². The van der Waals surface area contributed by atoms with Gasteiger partial charge in [0.1, 0.15) is 0 Å². The predicted molar refractivity (Wildman–Crippen MR) is 87.1 cm³/mol. The summed E-state index contributed by atoms with van der Waals surface area (Å²) in [6.07, 6.45) is 2.90. The number of benzene rings is 2. The van der Waals surface area contributed by atoms with Gasteiger partial charge in [0.2, 0.25) is 0 Å². The van der Waals surface area contributed by atoms with E-state index in [1.807, 2.05) is 32.9 Å². The monoisotopic (exact) mass is 295 g/mol. The maximum Gasteiger partial charge on any atom is 0.276 e. The van der Waals surface area contributed by atoms with E-state index >= 15 is 0 Å². The van der Waals surface area contributed by atoms with Crippen LogP contribution in [-0.4, -0.2) is 10.7 Å². The molecule has 0 aromatic heterocycles. The molecule has 0 heterocycles. The molecule has 4 nitrogen and oxygen atoms in total. The molecular formula is C18H17NO3. The number of nitro benzene ring substituents is 1. The van der Waals surface area contributed by atoms with Crippen molar-refractivity contribution in [2.75, 3.05) is 0 Å². The van der Waals surface area contributed by atoms with Gasteiger partial charge >= 0.3 is 0 Å². The van der Waals surface area contributed by atoms with Crippen molar-refractivity contribution in [3.05, 3.63) is 80.4 Å². The number of nitrogens with zero attached hydrogens (tertiary/aromatic N) is 1. The van der Waals surface area contributed by atoms with Gasteiger partial charge in [-0.15, -0.1) is 0 Å². The molecule has 0 N–H and O–H groups in total. The zero-order valence-corrected chi connectivity index (χ0v) is 12.8. The number of carbonyl (C=O) groups is 1. The van der Waals surface area contributed by atoms with Gasteiger partial charge in [0, 0.05) is 11.6 Å². The van der Waals surface area contributed by atoms with Crippen molar-refractivity contribution in [2.24, 2.45) is 0 Å². The van der Waals surface area contributed by atoms with Crippen LogP contribution in [0.5, 0.6) is 0 Å². The highest BCUT2D eigenvalue weighted by molar-refractivity contribution is 6.09. The second kappa shape index (κ2) is 6.35. The lowest BCUT2D eigenvalue weighted by molar-refractivity contribution is -0.385. The molecular weight excluding hydrogens is 278 g/mol. The second-order valence-corrected chi connectivity index (χ2v) is 5.29. The molecule has 0 unspecified atom stereocenters. The third-order valence-electron chi connectivity index (χ3n) is 3.47. The summed E-state index contributed by atoms with van der Waals surface area (Å²) in [6, 6.07) is 10.3. The van der Waals surface area contributed by atoms with Crippen LogP contribution in [0.1, 0.15) is 32.6 Å². The fourth-order valence-corrected chi connectivity index (χ4v) is 2.61. The van der Waals surface area contributed by atoms with Crippen molar-refractivity contribution < 1.29 is 9.72 Å². The summed E-state index contributed by atoms with van der Waals surface area (Å²) >= 11 is 0. The maximum absolute atomic E-state index is 12.4. The van der Waals surface area contributed by atoms with Crippen LogP contribution in [0.25, 0.3) is 6.08 Å². The molecule has 0 radical (unpaired) electrons. The minimum atomic E-state index is -0.452. The van der Waals surface area contributed by atoms with Crippen LogP contribution in [0.15, 0.2) is 42.5 Å². The van der Waals surface area contributed by atoms with E-state index in [1.165, 1.54) is 18.2 Å². The van der Waals surface area contributed by atoms with Gasteiger partial charge in [-0.25, -0.2) is 0 Å². The fourth-order valence-electron chi connectivity index (χ4n) is 2.61. The predicted octanol–water partition coefficient (Wildman–Crippen LogP) is 4.42. The first kappa shape index (κ1) is 15.6. The first-order valence-corrected chi connectivity index (χ1v) is 6.94. The smallest absolute Gasteiger partial charge is 0.276 e. The molecule has 4 heteroatoms. The average Bonchev–Trinajstić information content (AvgIpc) is 2.44. The molecule has 0 aliphatic rings. The van der Waals surface area contributed by atoms with Crippen molar-refractivity contribution in [3.8, 4) is 0 Å². The number of allylic oxidation sites excluding steroid dienone is 1. The minimum absolute atomic E-state index is 0.0103. The van der Waals surface area contributed by atoms with Gasteiger partial charge in [0.05, 0.1) is 10.5 Å². The first-order valence-electron chi connectivity index (χ1n) is 6.94. The van der Waals surface area contributed by atoms with Crippen molar-refractivity contribution in [1.82, 2.24) is 0 Å². The zero-order valence-electron chi connectivity index (χ0n) is 12.8. The molecule has 0 fully saturated rings. The molecule has 0 bridgehead atoms. The normalized spacial score (nSPS) is 10.9. The summed E-state index contributed by atoms with van der Waals surface area (Å²) in [5.74, 6) is -0.145. The minimum Gasteiger partial charge on any atom is -0.289 e. The molecule has 2 rings (SSSR count). The van der Waals surface area contributed by atoms with Crippen LogP contribution in [-0.2, 0) is 0 Å². The number of carbonyl (C=O) groups excluding carboxylic acids is 1. The zero-order chi connectivity index (χ0) is 16.3. The molecule has 0 aliphatic carbocycles. The van der Waals surface area contributed by atoms with Gasteiger partial charge in [-0.3, -0.25) is 14.9 Å². The summed E-state index contributed by atoms with van der Waals surface area (Å²) in [5, 5.41) is 11.0. The van der Waals surface area contributed by atoms with Crippen LogP contribution in [0, 0.1) is 30.9 Å². The third-order valence-corrected chi connectivity index (χ3v) is 3.47. The van der Waals surface area contributed by atoms with Crippen LogP contribution >= 0.6 is 0 Å². The van der Waals surface area contributed by atoms with Crippen molar-refractivity contribution in [1.29, 1.82) is 0 Å². The number of ketones is 1. The Morgan fingerprint density at radius 1 is 1.09 bits per heavy atom. The van der Waals surface area contributed by atoms with Gasteiger partial charge in [-0.2, -0.15) is 0 Å². The molecule has 0 saturated heterocycles. The highest BCUT2D eigenvalue weighted by Crippen LogP contribution is 2.21. The maximum atomic E-state index is 12.4. The molecule has 0 atom stereocenters. The summed E-state index contributed by atoms with van der Waals surface area (Å²) < 4.78 is 0. The van der Waals surface area contributed by atoms with E-state index in [2.05, 4.69) is 0 Å². The van der Waals surface area contributed by atoms with Crippen molar-refractivity contribution in [2.45, 2.75) is 20.8 Å². The highest BCUT2D eigenvalue weighted by atomic mass is 16.6. The Bertz CT molecular complexity index is 753. The Hall–Kier alpha value is -2.75. The lowest BCUT2D eigenvalue weighted by Crippen LogP contribution is -2.02. The molecule has 0 aliphatic heterocycles. The fraction of sp³-hybridized carbons (Fsp3) is 0.167. The first-order chi connectivity index (χ1) is 10.4. The Labute approximate surface area is 129 Å². The second-order valence-electron chi connectivity index (χ2n) is 5.29. The Kier molecular flexibility index (Phi) is 4.51. The standard InChI is InChI=1S/C18H17NO3/c1-12-10-13(2)18(14(3)11-12)17(20)9-8-15-6-4-5-7-16(15)19(21)22/h4-11H,1-3H3. The van der Waals surface area contributed by atoms with E-state index in [1.54, 1.807) is 18.2 Å². The number of aryl methyl sites for hydroxylation is 3. The molecule has 0 amide bonds. The number of rotatable bonds is 4. The van der Waals surface area contributed by atoms with Gasteiger partial charge in [-0.1, -0.05) is 29.8 Å². The number of nitro groups is 1. The summed E-state index contributed by atoms with van der Waals surface area (Å²) in [5.41, 5.74) is 3.99. The molecule has 112 valence electrons. The summed E-state index contributed by atoms with van der Waals surface area (Å²) in [7, 11) is 0. The topological polar surface area (TPSA) is 60.2 Å². The molecule has 22 heavy (non-hydrogen) atoms. The van der Waals surface area contributed by atoms with Crippen LogP contribution in [0.2, 0.25) is 0 Å². The lowest BCUT2D eigenvalue weighted by atomic mass is 9.96. The Morgan fingerprint density at radius 3 is 2.27 bits per heavy atom.